The number of benzene rings is 1. The molecule has 1 heterocycles. The SMILES string of the molecule is CCCc1c(C(=O)N[C@@H](C)C(=O)O)nnn1-c1cccc(C(C)C)c1. The molecule has 0 saturated heterocycles. The molecule has 0 saturated carbocycles. The van der Waals surface area contributed by atoms with Gasteiger partial charge in [0.25, 0.3) is 5.91 Å². The molecule has 134 valence electrons. The quantitative estimate of drug-likeness (QED) is 0.804. The highest BCUT2D eigenvalue weighted by Crippen LogP contribution is 2.20. The Morgan fingerprint density at radius 3 is 2.60 bits per heavy atom. The summed E-state index contributed by atoms with van der Waals surface area (Å²) in [7, 11) is 0. The molecule has 1 amide bonds. The van der Waals surface area contributed by atoms with Crippen LogP contribution in [-0.2, 0) is 11.2 Å². The second-order valence-electron chi connectivity index (χ2n) is 6.33. The first-order valence-electron chi connectivity index (χ1n) is 8.43. The van der Waals surface area contributed by atoms with Crippen molar-refractivity contribution in [3.63, 3.8) is 0 Å². The third-order valence-corrected chi connectivity index (χ3v) is 3.96. The molecule has 1 aromatic heterocycles. The Kier molecular flexibility index (Phi) is 5.90. The molecule has 0 unspecified atom stereocenters. The van der Waals surface area contributed by atoms with E-state index in [4.69, 9.17) is 5.11 Å². The van der Waals surface area contributed by atoms with Gasteiger partial charge in [0.15, 0.2) is 5.69 Å². The van der Waals surface area contributed by atoms with Crippen LogP contribution < -0.4 is 5.32 Å². The van der Waals surface area contributed by atoms with Crippen LogP contribution in [0, 0.1) is 0 Å². The number of aliphatic carboxylic acids is 1. The summed E-state index contributed by atoms with van der Waals surface area (Å²) in [4.78, 5) is 23.3. The summed E-state index contributed by atoms with van der Waals surface area (Å²) < 4.78 is 1.66. The molecule has 2 rings (SSSR count). The molecule has 1 aromatic carbocycles. The van der Waals surface area contributed by atoms with Gasteiger partial charge in [-0.25, -0.2) is 4.68 Å². The van der Waals surface area contributed by atoms with Gasteiger partial charge in [0.1, 0.15) is 6.04 Å². The van der Waals surface area contributed by atoms with E-state index in [1.807, 2.05) is 31.2 Å². The first kappa shape index (κ1) is 18.6. The van der Waals surface area contributed by atoms with Gasteiger partial charge in [0.05, 0.1) is 11.4 Å². The molecular formula is C18H24N4O3. The van der Waals surface area contributed by atoms with Gasteiger partial charge in [-0.15, -0.1) is 5.10 Å². The number of amides is 1. The van der Waals surface area contributed by atoms with Crippen molar-refractivity contribution in [1.29, 1.82) is 0 Å². The van der Waals surface area contributed by atoms with Crippen LogP contribution in [0.1, 0.15) is 61.8 Å². The minimum Gasteiger partial charge on any atom is -0.480 e. The van der Waals surface area contributed by atoms with E-state index in [1.165, 1.54) is 12.5 Å². The van der Waals surface area contributed by atoms with Crippen LogP contribution in [0.4, 0.5) is 0 Å². The first-order valence-corrected chi connectivity index (χ1v) is 8.43. The molecule has 25 heavy (non-hydrogen) atoms. The van der Waals surface area contributed by atoms with E-state index in [1.54, 1.807) is 4.68 Å². The van der Waals surface area contributed by atoms with Crippen LogP contribution in [0.3, 0.4) is 0 Å². The highest BCUT2D eigenvalue weighted by molar-refractivity contribution is 5.95. The van der Waals surface area contributed by atoms with Gasteiger partial charge in [-0.05, 0) is 37.0 Å². The zero-order chi connectivity index (χ0) is 18.6. The maximum Gasteiger partial charge on any atom is 0.325 e. The monoisotopic (exact) mass is 344 g/mol. The molecule has 0 radical (unpaired) electrons. The zero-order valence-corrected chi connectivity index (χ0v) is 15.0. The molecule has 0 aliphatic heterocycles. The topological polar surface area (TPSA) is 97.1 Å². The number of hydrogen-bond acceptors (Lipinski definition) is 4. The largest absolute Gasteiger partial charge is 0.480 e. The summed E-state index contributed by atoms with van der Waals surface area (Å²) >= 11 is 0. The van der Waals surface area contributed by atoms with Gasteiger partial charge < -0.3 is 10.4 Å². The number of nitrogens with zero attached hydrogens (tertiary/aromatic N) is 3. The highest BCUT2D eigenvalue weighted by Gasteiger charge is 2.23. The molecule has 7 heteroatoms. The molecule has 2 aromatic rings. The van der Waals surface area contributed by atoms with Crippen molar-refractivity contribution in [3.05, 3.63) is 41.2 Å². The molecule has 0 fully saturated rings. The minimum absolute atomic E-state index is 0.171. The number of hydrogen-bond donors (Lipinski definition) is 2. The van der Waals surface area contributed by atoms with Crippen molar-refractivity contribution in [2.24, 2.45) is 0 Å². The molecule has 0 aliphatic rings. The average Bonchev–Trinajstić information content (AvgIpc) is 2.99. The van der Waals surface area contributed by atoms with E-state index in [9.17, 15) is 9.59 Å². The van der Waals surface area contributed by atoms with E-state index in [-0.39, 0.29) is 5.69 Å². The van der Waals surface area contributed by atoms with E-state index in [2.05, 4.69) is 29.5 Å². The van der Waals surface area contributed by atoms with Crippen molar-refractivity contribution in [2.75, 3.05) is 0 Å². The number of aromatic nitrogens is 3. The fraction of sp³-hybridized carbons (Fsp3) is 0.444. The predicted octanol–water partition coefficient (Wildman–Crippen LogP) is 2.55. The van der Waals surface area contributed by atoms with Crippen LogP contribution in [0.5, 0.6) is 0 Å². The van der Waals surface area contributed by atoms with Gasteiger partial charge in [-0.2, -0.15) is 0 Å². The maximum absolute atomic E-state index is 12.4. The van der Waals surface area contributed by atoms with E-state index in [0.29, 0.717) is 18.0 Å². The fourth-order valence-corrected chi connectivity index (χ4v) is 2.49. The lowest BCUT2D eigenvalue weighted by Crippen LogP contribution is -2.38. The molecule has 7 nitrogen and oxygen atoms in total. The van der Waals surface area contributed by atoms with Crippen LogP contribution in [-0.4, -0.2) is 38.0 Å². The standard InChI is InChI=1S/C18H24N4O3/c1-5-7-15-16(17(23)19-12(4)18(24)25)20-21-22(15)14-9-6-8-13(10-14)11(2)3/h6,8-12H,5,7H2,1-4H3,(H,19,23)(H,24,25)/t12-/m0/s1. The smallest absolute Gasteiger partial charge is 0.325 e. The van der Waals surface area contributed by atoms with Crippen LogP contribution in [0.25, 0.3) is 5.69 Å². The third kappa shape index (κ3) is 4.23. The number of rotatable bonds is 7. The van der Waals surface area contributed by atoms with Crippen LogP contribution >= 0.6 is 0 Å². The Bertz CT molecular complexity index is 767. The Balaban J connectivity index is 2.41. The molecule has 0 aliphatic carbocycles. The normalized spacial score (nSPS) is 12.2. The lowest BCUT2D eigenvalue weighted by atomic mass is 10.0. The predicted molar refractivity (Wildman–Crippen MR) is 94.0 cm³/mol. The summed E-state index contributed by atoms with van der Waals surface area (Å²) in [5, 5.41) is 19.5. The number of carbonyl (C=O) groups excluding carboxylic acids is 1. The average molecular weight is 344 g/mol. The van der Waals surface area contributed by atoms with Crippen LogP contribution in [0.2, 0.25) is 0 Å². The first-order chi connectivity index (χ1) is 11.8. The summed E-state index contributed by atoms with van der Waals surface area (Å²) in [6.45, 7) is 7.64. The highest BCUT2D eigenvalue weighted by atomic mass is 16.4. The lowest BCUT2D eigenvalue weighted by molar-refractivity contribution is -0.138. The van der Waals surface area contributed by atoms with Crippen LogP contribution in [0.15, 0.2) is 24.3 Å². The van der Waals surface area contributed by atoms with Gasteiger partial charge in [-0.3, -0.25) is 9.59 Å². The maximum atomic E-state index is 12.4. The zero-order valence-electron chi connectivity index (χ0n) is 15.0. The van der Waals surface area contributed by atoms with Gasteiger partial charge in [0, 0.05) is 0 Å². The van der Waals surface area contributed by atoms with E-state index >= 15 is 0 Å². The van der Waals surface area contributed by atoms with E-state index < -0.39 is 17.9 Å². The summed E-state index contributed by atoms with van der Waals surface area (Å²) in [5.41, 5.74) is 2.86. The van der Waals surface area contributed by atoms with Crippen molar-refractivity contribution in [1.82, 2.24) is 20.3 Å². The number of nitrogens with one attached hydrogen (secondary N) is 1. The second-order valence-corrected chi connectivity index (χ2v) is 6.33. The van der Waals surface area contributed by atoms with E-state index in [0.717, 1.165) is 12.1 Å². The molecular weight excluding hydrogens is 320 g/mol. The van der Waals surface area contributed by atoms with Gasteiger partial charge >= 0.3 is 5.97 Å². The summed E-state index contributed by atoms with van der Waals surface area (Å²) in [5.74, 6) is -1.25. The second kappa shape index (κ2) is 7.92. The molecule has 0 spiro atoms. The Hall–Kier alpha value is -2.70. The van der Waals surface area contributed by atoms with Gasteiger partial charge in [-0.1, -0.05) is 44.5 Å². The Morgan fingerprint density at radius 1 is 1.28 bits per heavy atom. The summed E-state index contributed by atoms with van der Waals surface area (Å²) in [6, 6.07) is 6.96. The van der Waals surface area contributed by atoms with Crippen molar-refractivity contribution in [2.45, 2.75) is 52.5 Å². The third-order valence-electron chi connectivity index (χ3n) is 3.96. The molecule has 2 N–H and O–H groups in total. The van der Waals surface area contributed by atoms with Crippen molar-refractivity contribution < 1.29 is 14.7 Å². The van der Waals surface area contributed by atoms with Crippen molar-refractivity contribution >= 4 is 11.9 Å². The Labute approximate surface area is 147 Å². The summed E-state index contributed by atoms with van der Waals surface area (Å²) in [6.07, 6.45) is 1.43. The van der Waals surface area contributed by atoms with Gasteiger partial charge in [0.2, 0.25) is 0 Å². The Morgan fingerprint density at radius 2 is 2.00 bits per heavy atom. The molecule has 0 bridgehead atoms. The minimum atomic E-state index is -1.09. The number of carbonyl (C=O) groups is 2. The lowest BCUT2D eigenvalue weighted by Gasteiger charge is -2.11. The number of carboxylic acids is 1. The molecule has 1 atom stereocenters. The van der Waals surface area contributed by atoms with Crippen molar-refractivity contribution in [3.8, 4) is 5.69 Å². The fourth-order valence-electron chi connectivity index (χ4n) is 2.49. The number of carboxylic acid groups (broad SMARTS) is 1.